The van der Waals surface area contributed by atoms with E-state index in [2.05, 4.69) is 13.8 Å². The van der Waals surface area contributed by atoms with Gasteiger partial charge in [-0.25, -0.2) is 0 Å². The van der Waals surface area contributed by atoms with E-state index in [9.17, 15) is 45.3 Å². The van der Waals surface area contributed by atoms with Gasteiger partial charge in [0.1, 0.15) is 55.4 Å². The lowest BCUT2D eigenvalue weighted by molar-refractivity contribution is -0.332. The molecule has 2 fully saturated rings. The Kier molecular flexibility index (Phi) is 37.8. The largest absolute Gasteiger partial charge is 0.462 e. The van der Waals surface area contributed by atoms with Crippen LogP contribution in [0.4, 0.5) is 0 Å². The summed E-state index contributed by atoms with van der Waals surface area (Å²) in [7, 11) is 0. The highest BCUT2D eigenvalue weighted by atomic mass is 16.7. The first kappa shape index (κ1) is 62.6. The topological polar surface area (TPSA) is 231 Å². The smallest absolute Gasteiger partial charge is 0.306 e. The predicted molar refractivity (Wildman–Crippen MR) is 262 cm³/mol. The summed E-state index contributed by atoms with van der Waals surface area (Å²) in [6.45, 7) is 2.64. The molecule has 15 nitrogen and oxygen atoms in total. The SMILES string of the molecule is CCCCCCCCCCCCCCCCCCCC(=O)O[C@H](COC(=O)CCCCCCCCCCCCCCCCC)CO[C@H]1O[C@@H](CO[C@H]2O[C@@H](CO)[C@@H](O)C(O)C2O)[C@@H](O)C(O)C1O. The number of aliphatic hydroxyl groups excluding tert-OH is 7. The van der Waals surface area contributed by atoms with E-state index in [1.54, 1.807) is 0 Å². The van der Waals surface area contributed by atoms with Crippen molar-refractivity contribution in [3.8, 4) is 0 Å². The zero-order chi connectivity index (χ0) is 49.6. The van der Waals surface area contributed by atoms with Crippen LogP contribution in [-0.2, 0) is 38.0 Å². The average molecular weight is 977 g/mol. The molecule has 0 bridgehead atoms. The van der Waals surface area contributed by atoms with Gasteiger partial charge in [0, 0.05) is 12.8 Å². The average Bonchev–Trinajstić information content (AvgIpc) is 3.33. The van der Waals surface area contributed by atoms with Gasteiger partial charge in [0.2, 0.25) is 0 Å². The van der Waals surface area contributed by atoms with E-state index in [0.29, 0.717) is 12.8 Å². The maximum atomic E-state index is 13.0. The summed E-state index contributed by atoms with van der Waals surface area (Å²) in [4.78, 5) is 25.8. The standard InChI is InChI=1S/C53H100O15/c1-3-5-7-9-11-13-15-17-19-20-22-24-26-28-30-32-34-36-45(56)66-41(38-63-44(55)35-33-31-29-27-25-23-21-18-16-14-12-10-8-6-4-2)39-64-52-51(62)49(60)47(58)43(68-52)40-65-53-50(61)48(59)46(57)42(37-54)67-53/h41-43,46-54,57-62H,3-40H2,1-2H3/t41-,42+,43+,46-,47-,48?,49?,50?,51?,52+,53+/m1/s1. The van der Waals surface area contributed by atoms with Gasteiger partial charge in [-0.05, 0) is 12.8 Å². The van der Waals surface area contributed by atoms with E-state index in [0.717, 1.165) is 38.5 Å². The second-order valence-corrected chi connectivity index (χ2v) is 19.8. The lowest BCUT2D eigenvalue weighted by Crippen LogP contribution is -2.61. The van der Waals surface area contributed by atoms with Gasteiger partial charge in [0.15, 0.2) is 18.7 Å². The number of rotatable bonds is 44. The Bertz CT molecular complexity index is 1190. The van der Waals surface area contributed by atoms with Crippen LogP contribution < -0.4 is 0 Å². The Balaban J connectivity index is 1.77. The first-order valence-corrected chi connectivity index (χ1v) is 27.6. The summed E-state index contributed by atoms with van der Waals surface area (Å²) in [6.07, 6.45) is 22.6. The van der Waals surface area contributed by atoms with Crippen molar-refractivity contribution in [2.45, 2.75) is 300 Å². The maximum Gasteiger partial charge on any atom is 0.306 e. The van der Waals surface area contributed by atoms with Crippen molar-refractivity contribution in [2.75, 3.05) is 26.4 Å². The minimum absolute atomic E-state index is 0.174. The van der Waals surface area contributed by atoms with Crippen LogP contribution in [0.15, 0.2) is 0 Å². The van der Waals surface area contributed by atoms with Crippen molar-refractivity contribution in [2.24, 2.45) is 0 Å². The fourth-order valence-corrected chi connectivity index (χ4v) is 9.04. The molecule has 11 atom stereocenters. The number of hydrogen-bond donors (Lipinski definition) is 7. The molecule has 15 heteroatoms. The normalized spacial score (nSPS) is 25.7. The molecule has 0 aromatic heterocycles. The van der Waals surface area contributed by atoms with E-state index < -0.39 is 92.7 Å². The van der Waals surface area contributed by atoms with Gasteiger partial charge < -0.3 is 64.2 Å². The fraction of sp³-hybridized carbons (Fsp3) is 0.962. The number of hydrogen-bond acceptors (Lipinski definition) is 15. The molecule has 2 aliphatic rings. The van der Waals surface area contributed by atoms with Gasteiger partial charge in [-0.3, -0.25) is 9.59 Å². The summed E-state index contributed by atoms with van der Waals surface area (Å²) in [5.41, 5.74) is 0. The predicted octanol–water partition coefficient (Wildman–Crippen LogP) is 8.39. The summed E-state index contributed by atoms with van der Waals surface area (Å²) < 4.78 is 33.7. The maximum absolute atomic E-state index is 13.0. The van der Waals surface area contributed by atoms with Crippen molar-refractivity contribution < 1.29 is 73.8 Å². The van der Waals surface area contributed by atoms with Crippen molar-refractivity contribution >= 4 is 11.9 Å². The second-order valence-electron chi connectivity index (χ2n) is 19.8. The molecule has 0 spiro atoms. The van der Waals surface area contributed by atoms with Gasteiger partial charge in [-0.1, -0.05) is 206 Å². The van der Waals surface area contributed by atoms with Crippen LogP contribution in [0.1, 0.15) is 232 Å². The zero-order valence-corrected chi connectivity index (χ0v) is 42.6. The first-order valence-electron chi connectivity index (χ1n) is 27.6. The molecule has 0 aromatic carbocycles. The Morgan fingerprint density at radius 1 is 0.412 bits per heavy atom. The number of aliphatic hydroxyl groups is 7. The van der Waals surface area contributed by atoms with Crippen LogP contribution in [0.25, 0.3) is 0 Å². The third-order valence-corrected chi connectivity index (χ3v) is 13.6. The van der Waals surface area contributed by atoms with Crippen molar-refractivity contribution in [3.05, 3.63) is 0 Å². The van der Waals surface area contributed by atoms with E-state index in [-0.39, 0.29) is 26.1 Å². The molecule has 0 amide bonds. The Hall–Kier alpha value is -1.50. The van der Waals surface area contributed by atoms with Gasteiger partial charge in [0.05, 0.1) is 19.8 Å². The van der Waals surface area contributed by atoms with Gasteiger partial charge in [-0.15, -0.1) is 0 Å². The van der Waals surface area contributed by atoms with Gasteiger partial charge in [-0.2, -0.15) is 0 Å². The van der Waals surface area contributed by atoms with E-state index in [4.69, 9.17) is 28.4 Å². The summed E-state index contributed by atoms with van der Waals surface area (Å²) in [5.74, 6) is -0.906. The number of ether oxygens (including phenoxy) is 6. The molecule has 2 heterocycles. The fourth-order valence-electron chi connectivity index (χ4n) is 9.04. The highest BCUT2D eigenvalue weighted by Gasteiger charge is 2.47. The summed E-state index contributed by atoms with van der Waals surface area (Å²) in [6, 6.07) is 0. The minimum atomic E-state index is -1.76. The Labute approximate surface area is 410 Å². The molecule has 68 heavy (non-hydrogen) atoms. The molecule has 2 aliphatic heterocycles. The van der Waals surface area contributed by atoms with Crippen LogP contribution in [-0.4, -0.2) is 142 Å². The van der Waals surface area contributed by atoms with Gasteiger partial charge >= 0.3 is 11.9 Å². The highest BCUT2D eigenvalue weighted by Crippen LogP contribution is 2.27. The van der Waals surface area contributed by atoms with Gasteiger partial charge in [0.25, 0.3) is 0 Å². The number of carbonyl (C=O) groups excluding carboxylic acids is 2. The molecule has 402 valence electrons. The zero-order valence-electron chi connectivity index (χ0n) is 42.6. The minimum Gasteiger partial charge on any atom is -0.462 e. The van der Waals surface area contributed by atoms with E-state index >= 15 is 0 Å². The van der Waals surface area contributed by atoms with Crippen molar-refractivity contribution in [1.29, 1.82) is 0 Å². The third kappa shape index (κ3) is 28.5. The number of unbranched alkanes of at least 4 members (excludes halogenated alkanes) is 30. The van der Waals surface area contributed by atoms with Crippen LogP contribution in [0.3, 0.4) is 0 Å². The lowest BCUT2D eigenvalue weighted by atomic mass is 9.98. The number of esters is 2. The highest BCUT2D eigenvalue weighted by molar-refractivity contribution is 5.70. The monoisotopic (exact) mass is 977 g/mol. The number of carbonyl (C=O) groups is 2. The summed E-state index contributed by atoms with van der Waals surface area (Å²) in [5, 5.41) is 72.2. The van der Waals surface area contributed by atoms with Crippen molar-refractivity contribution in [3.63, 3.8) is 0 Å². The molecular formula is C53H100O15. The molecule has 2 rings (SSSR count). The quantitative estimate of drug-likeness (QED) is 0.0225. The molecule has 4 unspecified atom stereocenters. The van der Waals surface area contributed by atoms with Crippen LogP contribution >= 0.6 is 0 Å². The van der Waals surface area contributed by atoms with Crippen LogP contribution in [0.5, 0.6) is 0 Å². The Morgan fingerprint density at radius 2 is 0.750 bits per heavy atom. The molecule has 2 saturated heterocycles. The van der Waals surface area contributed by atoms with Crippen molar-refractivity contribution in [1.82, 2.24) is 0 Å². The molecular weight excluding hydrogens is 877 g/mol. The van der Waals surface area contributed by atoms with Crippen LogP contribution in [0, 0.1) is 0 Å². The molecule has 0 aromatic rings. The lowest BCUT2D eigenvalue weighted by Gasteiger charge is -2.42. The molecule has 0 aliphatic carbocycles. The van der Waals surface area contributed by atoms with E-state index in [1.165, 1.54) is 154 Å². The molecule has 0 radical (unpaired) electrons. The van der Waals surface area contributed by atoms with Crippen LogP contribution in [0.2, 0.25) is 0 Å². The third-order valence-electron chi connectivity index (χ3n) is 13.6. The van der Waals surface area contributed by atoms with E-state index in [1.807, 2.05) is 0 Å². The molecule has 7 N–H and O–H groups in total. The summed E-state index contributed by atoms with van der Waals surface area (Å²) >= 11 is 0. The molecule has 0 saturated carbocycles. The second kappa shape index (κ2) is 41.0. The Morgan fingerprint density at radius 3 is 1.15 bits per heavy atom. The first-order chi connectivity index (χ1) is 33.0.